The number of non-ortho nitro benzene ring substituents is 1. The van der Waals surface area contributed by atoms with E-state index < -0.39 is 16.1 Å². The van der Waals surface area contributed by atoms with Crippen molar-refractivity contribution in [1.29, 1.82) is 0 Å². The van der Waals surface area contributed by atoms with E-state index in [-0.39, 0.29) is 29.5 Å². The van der Waals surface area contributed by atoms with E-state index in [1.165, 1.54) is 25.3 Å². The lowest BCUT2D eigenvalue weighted by molar-refractivity contribution is -0.384. The molecule has 10 heteroatoms. The molecule has 0 radical (unpaired) electrons. The van der Waals surface area contributed by atoms with E-state index in [2.05, 4.69) is 15.6 Å². The summed E-state index contributed by atoms with van der Waals surface area (Å²) in [4.78, 5) is 39.5. The van der Waals surface area contributed by atoms with Gasteiger partial charge in [0.15, 0.2) is 5.17 Å². The summed E-state index contributed by atoms with van der Waals surface area (Å²) in [5.41, 5.74) is 1.88. The van der Waals surface area contributed by atoms with Gasteiger partial charge in [-0.25, -0.2) is 4.99 Å². The van der Waals surface area contributed by atoms with Gasteiger partial charge in [-0.1, -0.05) is 29.5 Å². The highest BCUT2D eigenvalue weighted by Gasteiger charge is 2.31. The number of aryl methyl sites for hydroxylation is 1. The molecule has 0 aliphatic carbocycles. The summed E-state index contributed by atoms with van der Waals surface area (Å²) in [6.45, 7) is 1.96. The van der Waals surface area contributed by atoms with Crippen molar-refractivity contribution in [3.8, 4) is 5.75 Å². The van der Waals surface area contributed by atoms with Crippen LogP contribution >= 0.6 is 11.8 Å². The van der Waals surface area contributed by atoms with E-state index in [9.17, 15) is 19.7 Å². The molecule has 1 heterocycles. The number of nitrogens with zero attached hydrogens (tertiary/aromatic N) is 2. The average Bonchev–Trinajstić information content (AvgIpc) is 2.69. The molecule has 0 spiro atoms. The largest absolute Gasteiger partial charge is 0.494 e. The zero-order chi connectivity index (χ0) is 21.0. The van der Waals surface area contributed by atoms with Crippen LogP contribution in [0.5, 0.6) is 5.75 Å². The molecule has 150 valence electrons. The number of nitro benzene ring substituents is 1. The molecule has 3 rings (SSSR count). The second-order valence-electron chi connectivity index (χ2n) is 6.24. The SMILES string of the molecule is COc1cc([N+](=O)[O-])ccc1NC(=O)[C@H]1CC(=O)NC(=Nc2ccc(C)cc2)S1. The van der Waals surface area contributed by atoms with Crippen LogP contribution < -0.4 is 15.4 Å². The monoisotopic (exact) mass is 414 g/mol. The fraction of sp³-hybridized carbons (Fsp3) is 0.211. The number of hydrogen-bond donors (Lipinski definition) is 2. The number of nitro groups is 1. The Labute approximate surface area is 170 Å². The van der Waals surface area contributed by atoms with Crippen LogP contribution in [0.25, 0.3) is 0 Å². The van der Waals surface area contributed by atoms with Gasteiger partial charge >= 0.3 is 0 Å². The third kappa shape index (κ3) is 5.11. The third-order valence-corrected chi connectivity index (χ3v) is 5.16. The zero-order valence-corrected chi connectivity index (χ0v) is 16.5. The molecule has 1 saturated heterocycles. The fourth-order valence-electron chi connectivity index (χ4n) is 2.59. The number of hydrogen-bond acceptors (Lipinski definition) is 7. The highest BCUT2D eigenvalue weighted by atomic mass is 32.2. The van der Waals surface area contributed by atoms with Gasteiger partial charge in [0.1, 0.15) is 11.0 Å². The molecule has 2 aromatic rings. The van der Waals surface area contributed by atoms with Crippen LogP contribution in [-0.4, -0.2) is 34.3 Å². The molecule has 9 nitrogen and oxygen atoms in total. The second kappa shape index (κ2) is 8.74. The number of nitrogens with one attached hydrogen (secondary N) is 2. The molecule has 2 aromatic carbocycles. The molecule has 0 unspecified atom stereocenters. The first-order valence-electron chi connectivity index (χ1n) is 8.61. The molecule has 29 heavy (non-hydrogen) atoms. The molecular weight excluding hydrogens is 396 g/mol. The summed E-state index contributed by atoms with van der Waals surface area (Å²) >= 11 is 1.14. The standard InChI is InChI=1S/C19H18N4O5S/c1-11-3-5-12(6-4-11)20-19-22-17(24)10-16(29-19)18(25)21-14-8-7-13(23(26)27)9-15(14)28-2/h3-9,16H,10H2,1-2H3,(H,21,25)(H,20,22,24)/t16-/m1/s1. The van der Waals surface area contributed by atoms with Crippen molar-refractivity contribution >= 4 is 45.8 Å². The molecular formula is C19H18N4O5S. The van der Waals surface area contributed by atoms with Gasteiger partial charge in [0.25, 0.3) is 5.69 Å². The van der Waals surface area contributed by atoms with Gasteiger partial charge in [0, 0.05) is 12.5 Å². The van der Waals surface area contributed by atoms with Crippen molar-refractivity contribution in [2.24, 2.45) is 4.99 Å². The van der Waals surface area contributed by atoms with Gasteiger partial charge in [-0.3, -0.25) is 19.7 Å². The number of methoxy groups -OCH3 is 1. The third-order valence-electron chi connectivity index (χ3n) is 4.08. The van der Waals surface area contributed by atoms with Crippen LogP contribution in [0.1, 0.15) is 12.0 Å². The van der Waals surface area contributed by atoms with Crippen LogP contribution in [0.3, 0.4) is 0 Å². The minimum atomic E-state index is -0.701. The van der Waals surface area contributed by atoms with Gasteiger partial charge in [-0.15, -0.1) is 0 Å². The maximum Gasteiger partial charge on any atom is 0.273 e. The topological polar surface area (TPSA) is 123 Å². The number of ether oxygens (including phenoxy) is 1. The predicted molar refractivity (Wildman–Crippen MR) is 111 cm³/mol. The number of amidine groups is 1. The molecule has 1 fully saturated rings. The first-order valence-corrected chi connectivity index (χ1v) is 9.49. The zero-order valence-electron chi connectivity index (χ0n) is 15.7. The number of benzene rings is 2. The van der Waals surface area contributed by atoms with Gasteiger partial charge in [-0.2, -0.15) is 0 Å². The van der Waals surface area contributed by atoms with Crippen LogP contribution in [0, 0.1) is 17.0 Å². The molecule has 1 atom stereocenters. The summed E-state index contributed by atoms with van der Waals surface area (Å²) < 4.78 is 5.13. The first-order chi connectivity index (χ1) is 13.9. The molecule has 0 aromatic heterocycles. The molecule has 2 amide bonds. The number of anilines is 1. The number of aliphatic imine (C=N–C) groups is 1. The van der Waals surface area contributed by atoms with Crippen molar-refractivity contribution in [1.82, 2.24) is 5.32 Å². The number of rotatable bonds is 5. The molecule has 1 aliphatic rings. The molecule has 2 N–H and O–H groups in total. The Morgan fingerprint density at radius 2 is 2.03 bits per heavy atom. The Bertz CT molecular complexity index is 991. The average molecular weight is 414 g/mol. The maximum absolute atomic E-state index is 12.7. The van der Waals surface area contributed by atoms with Crippen LogP contribution in [-0.2, 0) is 9.59 Å². The number of amides is 2. The van der Waals surface area contributed by atoms with E-state index in [4.69, 9.17) is 4.74 Å². The Morgan fingerprint density at radius 3 is 2.69 bits per heavy atom. The van der Waals surface area contributed by atoms with Crippen LogP contribution in [0.4, 0.5) is 17.1 Å². The Balaban J connectivity index is 1.76. The van der Waals surface area contributed by atoms with Crippen molar-refractivity contribution in [3.05, 3.63) is 58.1 Å². The van der Waals surface area contributed by atoms with E-state index in [0.717, 1.165) is 17.3 Å². The van der Waals surface area contributed by atoms with Crippen LogP contribution in [0.2, 0.25) is 0 Å². The smallest absolute Gasteiger partial charge is 0.273 e. The van der Waals surface area contributed by atoms with Gasteiger partial charge in [0.2, 0.25) is 11.8 Å². The normalized spacial score (nSPS) is 17.5. The van der Waals surface area contributed by atoms with Crippen LogP contribution in [0.15, 0.2) is 47.5 Å². The lowest BCUT2D eigenvalue weighted by Gasteiger charge is -2.22. The minimum absolute atomic E-state index is 0.0152. The van der Waals surface area contributed by atoms with Crippen molar-refractivity contribution in [2.45, 2.75) is 18.6 Å². The van der Waals surface area contributed by atoms with E-state index in [1.54, 1.807) is 0 Å². The fourth-order valence-corrected chi connectivity index (χ4v) is 3.59. The number of carbonyl (C=O) groups excluding carboxylic acids is 2. The van der Waals surface area contributed by atoms with Crippen molar-refractivity contribution in [3.63, 3.8) is 0 Å². The summed E-state index contributed by atoms with van der Waals surface area (Å²) in [6, 6.07) is 11.3. The van der Waals surface area contributed by atoms with Gasteiger partial charge in [0.05, 0.1) is 29.5 Å². The molecule has 0 saturated carbocycles. The minimum Gasteiger partial charge on any atom is -0.494 e. The van der Waals surface area contributed by atoms with Gasteiger partial charge < -0.3 is 15.4 Å². The molecule has 0 bridgehead atoms. The summed E-state index contributed by atoms with van der Waals surface area (Å²) in [5, 5.41) is 15.9. The lowest BCUT2D eigenvalue weighted by atomic mass is 10.2. The summed E-state index contributed by atoms with van der Waals surface area (Å²) in [6.07, 6.45) is -0.0152. The van der Waals surface area contributed by atoms with Crippen molar-refractivity contribution < 1.29 is 19.2 Å². The number of carbonyl (C=O) groups is 2. The van der Waals surface area contributed by atoms with E-state index in [1.807, 2.05) is 31.2 Å². The second-order valence-corrected chi connectivity index (χ2v) is 7.43. The van der Waals surface area contributed by atoms with Crippen molar-refractivity contribution in [2.75, 3.05) is 12.4 Å². The Morgan fingerprint density at radius 1 is 1.31 bits per heavy atom. The maximum atomic E-state index is 12.7. The highest BCUT2D eigenvalue weighted by Crippen LogP contribution is 2.31. The predicted octanol–water partition coefficient (Wildman–Crippen LogP) is 3.16. The molecule has 1 aliphatic heterocycles. The summed E-state index contributed by atoms with van der Waals surface area (Å²) in [5.74, 6) is -0.578. The lowest BCUT2D eigenvalue weighted by Crippen LogP contribution is -2.41. The quantitative estimate of drug-likeness (QED) is 0.572. The first kappa shape index (κ1) is 20.3. The van der Waals surface area contributed by atoms with E-state index in [0.29, 0.717) is 10.9 Å². The Hall–Kier alpha value is -3.40. The highest BCUT2D eigenvalue weighted by molar-refractivity contribution is 8.15. The summed E-state index contributed by atoms with van der Waals surface area (Å²) in [7, 11) is 1.35. The van der Waals surface area contributed by atoms with Gasteiger partial charge in [-0.05, 0) is 25.1 Å². The van der Waals surface area contributed by atoms with E-state index >= 15 is 0 Å². The Kier molecular flexibility index (Phi) is 6.13. The number of thioether (sulfide) groups is 1.